The molecule has 1 aliphatic heterocycles. The molecule has 0 radical (unpaired) electrons. The van der Waals surface area contributed by atoms with Crippen LogP contribution in [0.5, 0.6) is 0 Å². The maximum Gasteiger partial charge on any atom is 0.262 e. The van der Waals surface area contributed by atoms with Gasteiger partial charge in [-0.1, -0.05) is 12.1 Å². The zero-order chi connectivity index (χ0) is 17.0. The molecule has 1 atom stereocenters. The van der Waals surface area contributed by atoms with Crippen molar-refractivity contribution < 1.29 is 23.3 Å². The highest BCUT2D eigenvalue weighted by molar-refractivity contribution is 6.23. The van der Waals surface area contributed by atoms with Crippen molar-refractivity contribution >= 4 is 23.4 Å². The maximum absolute atomic E-state index is 12.5. The predicted octanol–water partition coefficient (Wildman–Crippen LogP) is 1.36. The number of rotatable bonds is 1. The Balaban J connectivity index is 2.04. The minimum absolute atomic E-state index is 0.107. The largest absolute Gasteiger partial charge is 0.299 e. The Morgan fingerprint density at radius 2 is 1.70 bits per heavy atom. The van der Waals surface area contributed by atoms with E-state index in [0.29, 0.717) is 4.90 Å². The highest BCUT2D eigenvalue weighted by atomic mass is 16.2. The monoisotopic (exact) mass is 274 g/mol. The molecule has 0 spiro atoms. The van der Waals surface area contributed by atoms with E-state index in [4.69, 9.17) is 4.11 Å². The molecule has 0 bridgehead atoms. The summed E-state index contributed by atoms with van der Waals surface area (Å²) in [6, 6.07) is 3.75. The molecular formula is C15H13NO4. The quantitative estimate of drug-likeness (QED) is 0.440. The third-order valence-corrected chi connectivity index (χ3v) is 3.39. The third-order valence-electron chi connectivity index (χ3n) is 3.39. The van der Waals surface area contributed by atoms with E-state index in [0.717, 1.165) is 0 Å². The van der Waals surface area contributed by atoms with E-state index in [9.17, 15) is 19.2 Å². The van der Waals surface area contributed by atoms with Crippen LogP contribution < -0.4 is 0 Å². The number of benzene rings is 1. The summed E-state index contributed by atoms with van der Waals surface area (Å²) in [6.45, 7) is 0. The number of imide groups is 1. The van der Waals surface area contributed by atoms with E-state index in [1.807, 2.05) is 0 Å². The Morgan fingerprint density at radius 1 is 1.10 bits per heavy atom. The van der Waals surface area contributed by atoms with Gasteiger partial charge in [-0.2, -0.15) is 0 Å². The van der Waals surface area contributed by atoms with Crippen LogP contribution in [0.15, 0.2) is 24.3 Å². The van der Waals surface area contributed by atoms with Crippen LogP contribution in [0.3, 0.4) is 0 Å². The summed E-state index contributed by atoms with van der Waals surface area (Å²) >= 11 is 0. The molecule has 0 N–H and O–H groups in total. The van der Waals surface area contributed by atoms with E-state index in [2.05, 4.69) is 0 Å². The zero-order valence-corrected chi connectivity index (χ0v) is 10.5. The number of amides is 2. The third kappa shape index (κ3) is 1.86. The van der Waals surface area contributed by atoms with Crippen molar-refractivity contribution in [3.8, 4) is 0 Å². The van der Waals surface area contributed by atoms with Crippen molar-refractivity contribution in [2.75, 3.05) is 0 Å². The summed E-state index contributed by atoms with van der Waals surface area (Å²) in [5.41, 5.74) is 0.214. The second kappa shape index (κ2) is 4.67. The van der Waals surface area contributed by atoms with Gasteiger partial charge in [-0.3, -0.25) is 24.1 Å². The fraction of sp³-hybridized carbons (Fsp3) is 0.333. The van der Waals surface area contributed by atoms with Gasteiger partial charge in [-0.15, -0.1) is 0 Å². The summed E-state index contributed by atoms with van der Waals surface area (Å²) < 4.78 is 23.6. The van der Waals surface area contributed by atoms with Crippen LogP contribution in [0, 0.1) is 0 Å². The van der Waals surface area contributed by atoms with E-state index >= 15 is 0 Å². The van der Waals surface area contributed by atoms with Crippen LogP contribution in [0.4, 0.5) is 0 Å². The van der Waals surface area contributed by atoms with Gasteiger partial charge in [0.15, 0.2) is 5.78 Å². The standard InChI is InChI=1S/C15H13NO4/c17-9-4-3-7-12(13(18)8-9)16-14(19)10-5-1-2-6-11(10)15(16)20/h1-2,5-6,12H,3-4,7-8H2/t12-/m1/s1/i4D2,12D. The van der Waals surface area contributed by atoms with E-state index in [1.54, 1.807) is 12.1 Å². The molecule has 5 heteroatoms. The van der Waals surface area contributed by atoms with Gasteiger partial charge in [0.1, 0.15) is 5.78 Å². The molecule has 2 aliphatic rings. The van der Waals surface area contributed by atoms with Gasteiger partial charge < -0.3 is 0 Å². The molecule has 102 valence electrons. The van der Waals surface area contributed by atoms with Gasteiger partial charge in [0.2, 0.25) is 0 Å². The Bertz CT molecular complexity index is 726. The number of nitrogens with zero attached hydrogens (tertiary/aromatic N) is 1. The van der Waals surface area contributed by atoms with Crippen LogP contribution in [0.1, 0.15) is 50.5 Å². The molecule has 20 heavy (non-hydrogen) atoms. The van der Waals surface area contributed by atoms with Gasteiger partial charge in [0, 0.05) is 9.11 Å². The van der Waals surface area contributed by atoms with Gasteiger partial charge in [-0.05, 0) is 25.0 Å². The molecule has 1 heterocycles. The normalized spacial score (nSPS) is 31.4. The van der Waals surface area contributed by atoms with E-state index in [1.165, 1.54) is 12.1 Å². The van der Waals surface area contributed by atoms with Crippen molar-refractivity contribution in [1.82, 2.24) is 4.90 Å². The Kier molecular flexibility index (Phi) is 2.24. The van der Waals surface area contributed by atoms with Crippen molar-refractivity contribution in [2.24, 2.45) is 0 Å². The number of fused-ring (bicyclic) bond motifs is 1. The molecule has 1 aliphatic carbocycles. The first-order chi connectivity index (χ1) is 10.7. The number of hydrogen-bond donors (Lipinski definition) is 0. The second-order valence-electron chi connectivity index (χ2n) is 4.64. The molecule has 1 fully saturated rings. The summed E-state index contributed by atoms with van der Waals surface area (Å²) in [5, 5.41) is 0. The Morgan fingerprint density at radius 3 is 2.30 bits per heavy atom. The fourth-order valence-electron chi connectivity index (χ4n) is 2.44. The van der Waals surface area contributed by atoms with Crippen molar-refractivity contribution in [1.29, 1.82) is 0 Å². The Hall–Kier alpha value is -2.30. The molecule has 3 rings (SSSR count). The molecule has 1 aromatic rings. The SMILES string of the molecule is [2H]C1([2H])CC[C@@]([2H])(N2C(=O)c3ccccc3C2=O)C(=O)CC1=O. The lowest BCUT2D eigenvalue weighted by Crippen LogP contribution is -2.44. The first kappa shape index (κ1) is 9.58. The molecule has 1 saturated carbocycles. The van der Waals surface area contributed by atoms with E-state index in [-0.39, 0.29) is 11.1 Å². The molecule has 5 nitrogen and oxygen atoms in total. The molecular weight excluding hydrogens is 258 g/mol. The average Bonchev–Trinajstić information content (AvgIpc) is 2.73. The number of carbonyl (C=O) groups excluding carboxylic acids is 4. The van der Waals surface area contributed by atoms with Gasteiger partial charge >= 0.3 is 0 Å². The van der Waals surface area contributed by atoms with Crippen molar-refractivity contribution in [3.05, 3.63) is 35.4 Å². The Labute approximate surface area is 119 Å². The predicted molar refractivity (Wildman–Crippen MR) is 69.2 cm³/mol. The van der Waals surface area contributed by atoms with Crippen LogP contribution in [-0.2, 0) is 9.59 Å². The van der Waals surface area contributed by atoms with Crippen LogP contribution in [0.2, 0.25) is 0 Å². The smallest absolute Gasteiger partial charge is 0.262 e. The first-order valence-corrected chi connectivity index (χ1v) is 6.23. The lowest BCUT2D eigenvalue weighted by molar-refractivity contribution is -0.128. The molecule has 1 aromatic carbocycles. The van der Waals surface area contributed by atoms with Gasteiger partial charge in [0.05, 0.1) is 24.9 Å². The number of Topliss-reactive ketones (excluding diaryl/α,β-unsaturated/α-hetero) is 2. The molecule has 0 saturated heterocycles. The van der Waals surface area contributed by atoms with Gasteiger partial charge in [0.25, 0.3) is 11.8 Å². The molecule has 2 amide bonds. The first-order valence-electron chi connectivity index (χ1n) is 7.73. The summed E-state index contributed by atoms with van der Waals surface area (Å²) in [6.07, 6.45) is -3.84. The lowest BCUT2D eigenvalue weighted by Gasteiger charge is -2.23. The summed E-state index contributed by atoms with van der Waals surface area (Å²) in [4.78, 5) is 49.6. The second-order valence-corrected chi connectivity index (χ2v) is 4.64. The highest BCUT2D eigenvalue weighted by Gasteiger charge is 2.43. The average molecular weight is 274 g/mol. The number of carbonyl (C=O) groups is 4. The minimum Gasteiger partial charge on any atom is -0.299 e. The molecule has 0 unspecified atom stereocenters. The van der Waals surface area contributed by atoms with Gasteiger partial charge in [-0.25, -0.2) is 0 Å². The zero-order valence-electron chi connectivity index (χ0n) is 13.5. The van der Waals surface area contributed by atoms with E-state index < -0.39 is 55.0 Å². The van der Waals surface area contributed by atoms with Crippen LogP contribution >= 0.6 is 0 Å². The lowest BCUT2D eigenvalue weighted by atomic mass is 10.1. The van der Waals surface area contributed by atoms with Crippen molar-refractivity contribution in [3.63, 3.8) is 0 Å². The highest BCUT2D eigenvalue weighted by Crippen LogP contribution is 2.28. The fourth-order valence-corrected chi connectivity index (χ4v) is 2.44. The van der Waals surface area contributed by atoms with Crippen molar-refractivity contribution in [2.45, 2.75) is 31.7 Å². The maximum atomic E-state index is 12.5. The number of ketones is 2. The summed E-state index contributed by atoms with van der Waals surface area (Å²) in [5.74, 6) is -3.38. The molecule has 0 aromatic heterocycles. The topological polar surface area (TPSA) is 71.5 Å². The van der Waals surface area contributed by atoms with Crippen LogP contribution in [-0.4, -0.2) is 34.3 Å². The minimum atomic E-state index is -2.26. The summed E-state index contributed by atoms with van der Waals surface area (Å²) in [7, 11) is 0. The van der Waals surface area contributed by atoms with Crippen LogP contribution in [0.25, 0.3) is 0 Å². The number of hydrogen-bond acceptors (Lipinski definition) is 4.